The van der Waals surface area contributed by atoms with Gasteiger partial charge in [0.25, 0.3) is 0 Å². The summed E-state index contributed by atoms with van der Waals surface area (Å²) in [5.41, 5.74) is 8.93. The van der Waals surface area contributed by atoms with Crippen molar-refractivity contribution in [2.24, 2.45) is 11.7 Å². The molecule has 0 bridgehead atoms. The molecule has 0 aliphatic heterocycles. The highest BCUT2D eigenvalue weighted by atomic mass is 16.4. The van der Waals surface area contributed by atoms with E-state index in [4.69, 9.17) is 5.73 Å². The lowest BCUT2D eigenvalue weighted by molar-refractivity contribution is -0.142. The molecule has 16 heteroatoms. The summed E-state index contributed by atoms with van der Waals surface area (Å²) in [5.74, 6) is -4.19. The zero-order valence-corrected chi connectivity index (χ0v) is 26.1. The highest BCUT2D eigenvalue weighted by Crippen LogP contribution is 2.18. The first-order chi connectivity index (χ1) is 22.5. The van der Waals surface area contributed by atoms with E-state index in [1.165, 1.54) is 25.0 Å². The highest BCUT2D eigenvalue weighted by Gasteiger charge is 2.32. The molecule has 4 amide bonds. The summed E-state index contributed by atoms with van der Waals surface area (Å²) in [6.45, 7) is 3.17. The number of aliphatic carboxylic acids is 1. The molecule has 1 unspecified atom stereocenters. The number of benzene rings is 1. The number of aromatic amines is 3. The Morgan fingerprint density at radius 1 is 0.851 bits per heavy atom. The van der Waals surface area contributed by atoms with E-state index in [0.29, 0.717) is 17.8 Å². The first-order valence-electron chi connectivity index (χ1n) is 15.2. The van der Waals surface area contributed by atoms with Gasteiger partial charge in [-0.05, 0) is 24.0 Å². The Hall–Kier alpha value is -5.51. The number of H-pyrrole nitrogens is 3. The molecule has 0 saturated heterocycles. The van der Waals surface area contributed by atoms with Crippen LogP contribution in [-0.2, 0) is 43.2 Å². The van der Waals surface area contributed by atoms with Crippen LogP contribution in [0.4, 0.5) is 0 Å². The second-order valence-electron chi connectivity index (χ2n) is 11.3. The standard InChI is InChI=1S/C31H40N10O6/c1-3-17(2)27(41-26(42)14-36-28(43)22(32)8-18-11-35-23-7-5-4-6-21(18)23)30(45)39-24(9-19-12-33-15-37-19)29(44)40-25(31(46)47)10-20-13-34-16-38-20/h4-7,11-13,15-17,22,24-25,27,35H,3,8-10,14,32H2,1-2H3,(H,33,37)(H,34,38)(H,36,43)(H,39,45)(H,40,44)(H,41,42)(H,46,47)/t17?,22-,24-,25-,27-/m0/s1. The molecule has 0 fully saturated rings. The maximum atomic E-state index is 13.6. The molecule has 250 valence electrons. The van der Waals surface area contributed by atoms with Gasteiger partial charge in [-0.2, -0.15) is 0 Å². The van der Waals surface area contributed by atoms with Gasteiger partial charge >= 0.3 is 5.97 Å². The van der Waals surface area contributed by atoms with Crippen LogP contribution in [0.1, 0.15) is 37.2 Å². The van der Waals surface area contributed by atoms with E-state index in [2.05, 4.69) is 46.2 Å². The normalized spacial score (nSPS) is 14.4. The molecule has 47 heavy (non-hydrogen) atoms. The van der Waals surface area contributed by atoms with E-state index in [-0.39, 0.29) is 25.2 Å². The predicted octanol–water partition coefficient (Wildman–Crippen LogP) is -0.329. The quantitative estimate of drug-likeness (QED) is 0.0726. The van der Waals surface area contributed by atoms with Crippen LogP contribution in [-0.4, -0.2) is 90.3 Å². The number of aromatic nitrogens is 5. The second kappa shape index (κ2) is 16.2. The Morgan fingerprint density at radius 3 is 2.11 bits per heavy atom. The number of carbonyl (C=O) groups excluding carboxylic acids is 4. The molecule has 0 aliphatic carbocycles. The van der Waals surface area contributed by atoms with Crippen LogP contribution in [0, 0.1) is 5.92 Å². The number of nitrogens with zero attached hydrogens (tertiary/aromatic N) is 2. The SMILES string of the molecule is CCC(C)[C@H](NC(=O)CNC(=O)[C@@H](N)Cc1c[nH]c2ccccc12)C(=O)N[C@@H](Cc1cnc[nH]1)C(=O)N[C@@H](Cc1cnc[nH]1)C(=O)O. The average Bonchev–Trinajstić information content (AvgIpc) is 3.85. The molecule has 0 radical (unpaired) electrons. The van der Waals surface area contributed by atoms with Gasteiger partial charge in [0, 0.05) is 53.7 Å². The molecule has 5 atom stereocenters. The van der Waals surface area contributed by atoms with Gasteiger partial charge in [0.15, 0.2) is 0 Å². The lowest BCUT2D eigenvalue weighted by Crippen LogP contribution is -2.58. The van der Waals surface area contributed by atoms with Gasteiger partial charge in [-0.25, -0.2) is 14.8 Å². The number of hydrogen-bond donors (Lipinski definition) is 9. The van der Waals surface area contributed by atoms with Crippen molar-refractivity contribution in [1.82, 2.24) is 46.2 Å². The van der Waals surface area contributed by atoms with E-state index in [9.17, 15) is 29.1 Å². The van der Waals surface area contributed by atoms with Crippen molar-refractivity contribution in [1.29, 1.82) is 0 Å². The van der Waals surface area contributed by atoms with E-state index in [1.807, 2.05) is 31.2 Å². The minimum atomic E-state index is -1.31. The average molecular weight is 649 g/mol. The van der Waals surface area contributed by atoms with Crippen molar-refractivity contribution < 1.29 is 29.1 Å². The van der Waals surface area contributed by atoms with Crippen molar-refractivity contribution in [3.8, 4) is 0 Å². The molecule has 1 aromatic carbocycles. The predicted molar refractivity (Wildman–Crippen MR) is 170 cm³/mol. The molecule has 10 N–H and O–H groups in total. The Bertz CT molecular complexity index is 1650. The van der Waals surface area contributed by atoms with Crippen molar-refractivity contribution >= 4 is 40.5 Å². The molecule has 3 aromatic heterocycles. The molecule has 3 heterocycles. The van der Waals surface area contributed by atoms with E-state index in [0.717, 1.165) is 16.5 Å². The number of carbonyl (C=O) groups is 5. The number of amides is 4. The van der Waals surface area contributed by atoms with Gasteiger partial charge in [-0.3, -0.25) is 19.2 Å². The number of nitrogens with one attached hydrogen (secondary N) is 7. The molecule has 4 rings (SSSR count). The van der Waals surface area contributed by atoms with Gasteiger partial charge < -0.3 is 47.1 Å². The number of para-hydroxylation sites is 1. The zero-order chi connectivity index (χ0) is 33.9. The summed E-state index contributed by atoms with van der Waals surface area (Å²) in [6, 6.07) is 3.13. The van der Waals surface area contributed by atoms with Gasteiger partial charge in [-0.15, -0.1) is 0 Å². The fourth-order valence-corrected chi connectivity index (χ4v) is 5.03. The summed E-state index contributed by atoms with van der Waals surface area (Å²) >= 11 is 0. The minimum Gasteiger partial charge on any atom is -0.480 e. The van der Waals surface area contributed by atoms with Crippen LogP contribution in [0.3, 0.4) is 0 Å². The molecular weight excluding hydrogens is 608 g/mol. The smallest absolute Gasteiger partial charge is 0.326 e. The Labute approximate surface area is 270 Å². The van der Waals surface area contributed by atoms with Gasteiger partial charge in [-0.1, -0.05) is 38.5 Å². The number of carboxylic acid groups (broad SMARTS) is 1. The van der Waals surface area contributed by atoms with Gasteiger partial charge in [0.1, 0.15) is 18.1 Å². The Balaban J connectivity index is 1.37. The number of hydrogen-bond acceptors (Lipinski definition) is 8. The molecule has 4 aromatic rings. The summed E-state index contributed by atoms with van der Waals surface area (Å²) in [7, 11) is 0. The number of fused-ring (bicyclic) bond motifs is 1. The number of nitrogens with two attached hydrogens (primary N) is 1. The third-order valence-electron chi connectivity index (χ3n) is 7.89. The largest absolute Gasteiger partial charge is 0.480 e. The number of carboxylic acids is 1. The van der Waals surface area contributed by atoms with E-state index >= 15 is 0 Å². The van der Waals surface area contributed by atoms with Crippen molar-refractivity contribution in [2.75, 3.05) is 6.54 Å². The molecule has 16 nitrogen and oxygen atoms in total. The third kappa shape index (κ3) is 9.49. The molecule has 0 saturated carbocycles. The topological polar surface area (TPSA) is 253 Å². The van der Waals surface area contributed by atoms with Gasteiger partial charge in [0.05, 0.1) is 25.2 Å². The number of imidazole rings is 2. The van der Waals surface area contributed by atoms with Crippen LogP contribution in [0.15, 0.2) is 55.5 Å². The van der Waals surface area contributed by atoms with Crippen molar-refractivity contribution in [2.45, 2.75) is 63.7 Å². The molecule has 0 aliphatic rings. The van der Waals surface area contributed by atoms with E-state index in [1.54, 1.807) is 13.1 Å². The lowest BCUT2D eigenvalue weighted by Gasteiger charge is -2.27. The van der Waals surface area contributed by atoms with Crippen LogP contribution in [0.5, 0.6) is 0 Å². The maximum Gasteiger partial charge on any atom is 0.326 e. The van der Waals surface area contributed by atoms with Crippen molar-refractivity contribution in [3.63, 3.8) is 0 Å². The Kier molecular flexibility index (Phi) is 11.8. The molecule has 0 spiro atoms. The second-order valence-corrected chi connectivity index (χ2v) is 11.3. The lowest BCUT2D eigenvalue weighted by atomic mass is 9.97. The fraction of sp³-hybridized carbons (Fsp3) is 0.387. The summed E-state index contributed by atoms with van der Waals surface area (Å²) < 4.78 is 0. The number of rotatable bonds is 17. The van der Waals surface area contributed by atoms with Crippen LogP contribution in [0.25, 0.3) is 10.9 Å². The van der Waals surface area contributed by atoms with Crippen molar-refractivity contribution in [3.05, 3.63) is 72.5 Å². The monoisotopic (exact) mass is 648 g/mol. The van der Waals surface area contributed by atoms with E-state index < -0.39 is 60.3 Å². The third-order valence-corrected chi connectivity index (χ3v) is 7.89. The van der Waals surface area contributed by atoms with Crippen LogP contribution < -0.4 is 27.0 Å². The van der Waals surface area contributed by atoms with Gasteiger partial charge in [0.2, 0.25) is 23.6 Å². The Morgan fingerprint density at radius 2 is 1.49 bits per heavy atom. The summed E-state index contributed by atoms with van der Waals surface area (Å²) in [5, 5.41) is 21.0. The summed E-state index contributed by atoms with van der Waals surface area (Å²) in [4.78, 5) is 81.1. The highest BCUT2D eigenvalue weighted by molar-refractivity contribution is 5.95. The zero-order valence-electron chi connectivity index (χ0n) is 26.1. The summed E-state index contributed by atoms with van der Waals surface area (Å²) in [6.07, 6.45) is 8.19. The molecular formula is C31H40N10O6. The minimum absolute atomic E-state index is 0.0283. The first-order valence-corrected chi connectivity index (χ1v) is 15.2. The van der Waals surface area contributed by atoms with Crippen LogP contribution >= 0.6 is 0 Å². The maximum absolute atomic E-state index is 13.6. The fourth-order valence-electron chi connectivity index (χ4n) is 5.03. The van der Waals surface area contributed by atoms with Crippen LogP contribution in [0.2, 0.25) is 0 Å². The first kappa shape index (κ1) is 34.4.